The average molecular weight is 536 g/mol. The van der Waals surface area contributed by atoms with Gasteiger partial charge in [-0.05, 0) is 104 Å². The summed E-state index contributed by atoms with van der Waals surface area (Å²) in [6.07, 6.45) is 2.78. The SMILES string of the molecule is CC1=C(c2cccc(O)c2)C(c2ccc(OCC(C)N3CCC(C)C3)cc2)Oc2ccc(-c3[nH]ncc3C)cc21. The summed E-state index contributed by atoms with van der Waals surface area (Å²) in [5, 5.41) is 17.6. The van der Waals surface area contributed by atoms with Gasteiger partial charge < -0.3 is 14.6 Å². The van der Waals surface area contributed by atoms with E-state index in [2.05, 4.69) is 60.1 Å². The first-order chi connectivity index (χ1) is 19.4. The first-order valence-electron chi connectivity index (χ1n) is 14.2. The van der Waals surface area contributed by atoms with Crippen molar-refractivity contribution in [2.45, 2.75) is 46.3 Å². The van der Waals surface area contributed by atoms with E-state index in [1.54, 1.807) is 12.1 Å². The van der Waals surface area contributed by atoms with Crippen molar-refractivity contribution in [2.24, 2.45) is 5.92 Å². The van der Waals surface area contributed by atoms with E-state index in [0.29, 0.717) is 12.6 Å². The largest absolute Gasteiger partial charge is 0.508 e. The number of nitrogens with one attached hydrogen (secondary N) is 1. The smallest absolute Gasteiger partial charge is 0.150 e. The van der Waals surface area contributed by atoms with E-state index in [9.17, 15) is 5.11 Å². The summed E-state index contributed by atoms with van der Waals surface area (Å²) in [7, 11) is 0. The number of rotatable bonds is 7. The number of allylic oxidation sites excluding steroid dienone is 1. The molecule has 0 spiro atoms. The molecule has 1 aromatic heterocycles. The fourth-order valence-electron chi connectivity index (χ4n) is 5.95. The molecule has 2 aliphatic heterocycles. The van der Waals surface area contributed by atoms with Crippen LogP contribution in [0.3, 0.4) is 0 Å². The summed E-state index contributed by atoms with van der Waals surface area (Å²) in [6, 6.07) is 22.3. The summed E-state index contributed by atoms with van der Waals surface area (Å²) in [5.41, 5.74) is 8.31. The van der Waals surface area contributed by atoms with Crippen LogP contribution < -0.4 is 9.47 Å². The van der Waals surface area contributed by atoms with Crippen LogP contribution in [0.25, 0.3) is 22.4 Å². The van der Waals surface area contributed by atoms with Crippen LogP contribution in [-0.4, -0.2) is 45.9 Å². The number of aromatic nitrogens is 2. The van der Waals surface area contributed by atoms with Crippen molar-refractivity contribution in [3.63, 3.8) is 0 Å². The Morgan fingerprint density at radius 2 is 1.90 bits per heavy atom. The van der Waals surface area contributed by atoms with Gasteiger partial charge in [-0.15, -0.1) is 0 Å². The minimum absolute atomic E-state index is 0.231. The highest BCUT2D eigenvalue weighted by Gasteiger charge is 2.30. The number of hydrogen-bond donors (Lipinski definition) is 2. The molecule has 3 atom stereocenters. The fourth-order valence-corrected chi connectivity index (χ4v) is 5.95. The zero-order valence-electron chi connectivity index (χ0n) is 23.6. The number of aromatic amines is 1. The minimum Gasteiger partial charge on any atom is -0.508 e. The van der Waals surface area contributed by atoms with Gasteiger partial charge in [0.25, 0.3) is 0 Å². The zero-order chi connectivity index (χ0) is 27.8. The van der Waals surface area contributed by atoms with Crippen molar-refractivity contribution in [2.75, 3.05) is 19.7 Å². The highest BCUT2D eigenvalue weighted by Crippen LogP contribution is 2.48. The molecular formula is C34H37N3O3. The van der Waals surface area contributed by atoms with Crippen molar-refractivity contribution >= 4 is 11.1 Å². The summed E-state index contributed by atoms with van der Waals surface area (Å²) in [6.45, 7) is 11.7. The maximum Gasteiger partial charge on any atom is 0.150 e. The highest BCUT2D eigenvalue weighted by atomic mass is 16.5. The van der Waals surface area contributed by atoms with Gasteiger partial charge in [-0.25, -0.2) is 0 Å². The Morgan fingerprint density at radius 3 is 2.60 bits per heavy atom. The monoisotopic (exact) mass is 535 g/mol. The van der Waals surface area contributed by atoms with Gasteiger partial charge in [0.15, 0.2) is 0 Å². The summed E-state index contributed by atoms with van der Waals surface area (Å²) >= 11 is 0. The molecule has 0 bridgehead atoms. The molecule has 1 saturated heterocycles. The van der Waals surface area contributed by atoms with E-state index >= 15 is 0 Å². The minimum atomic E-state index is -0.326. The first kappa shape index (κ1) is 26.2. The Kier molecular flexibility index (Phi) is 7.11. The molecule has 2 aliphatic rings. The second kappa shape index (κ2) is 10.9. The van der Waals surface area contributed by atoms with Gasteiger partial charge in [-0.2, -0.15) is 5.10 Å². The maximum atomic E-state index is 10.3. The van der Waals surface area contributed by atoms with Crippen molar-refractivity contribution < 1.29 is 14.6 Å². The van der Waals surface area contributed by atoms with Gasteiger partial charge in [0.05, 0.1) is 11.9 Å². The Morgan fingerprint density at radius 1 is 1.07 bits per heavy atom. The van der Waals surface area contributed by atoms with Gasteiger partial charge >= 0.3 is 0 Å². The molecule has 3 aromatic carbocycles. The molecule has 3 unspecified atom stereocenters. The molecule has 0 saturated carbocycles. The number of likely N-dealkylation sites (tertiary alicyclic amines) is 1. The molecule has 6 heteroatoms. The Bertz CT molecular complexity index is 1540. The van der Waals surface area contributed by atoms with Crippen LogP contribution in [0.5, 0.6) is 17.2 Å². The van der Waals surface area contributed by atoms with Crippen molar-refractivity contribution in [3.05, 3.63) is 95.2 Å². The van der Waals surface area contributed by atoms with E-state index in [1.807, 2.05) is 43.5 Å². The highest BCUT2D eigenvalue weighted by molar-refractivity contribution is 5.96. The molecule has 0 amide bonds. The summed E-state index contributed by atoms with van der Waals surface area (Å²) in [4.78, 5) is 2.51. The summed E-state index contributed by atoms with van der Waals surface area (Å²) in [5.74, 6) is 2.69. The zero-order valence-corrected chi connectivity index (χ0v) is 23.6. The number of phenolic OH excluding ortho intramolecular Hbond substituents is 1. The normalized spacial score (nSPS) is 19.8. The number of aryl methyl sites for hydroxylation is 1. The fraction of sp³-hybridized carbons (Fsp3) is 0.324. The molecule has 1 fully saturated rings. The third kappa shape index (κ3) is 5.11. The van der Waals surface area contributed by atoms with Gasteiger partial charge in [0, 0.05) is 29.3 Å². The van der Waals surface area contributed by atoms with Gasteiger partial charge in [-0.1, -0.05) is 31.2 Å². The van der Waals surface area contributed by atoms with Crippen LogP contribution in [0.4, 0.5) is 0 Å². The predicted molar refractivity (Wildman–Crippen MR) is 159 cm³/mol. The van der Waals surface area contributed by atoms with E-state index in [1.165, 1.54) is 6.42 Å². The Balaban J connectivity index is 1.30. The number of H-pyrrole nitrogens is 1. The standard InChI is InChI=1S/C34H37N3O3/c1-21-14-15-37(19-21)23(3)20-39-29-11-8-25(9-12-29)34-32(26-6-5-7-28(38)16-26)24(4)30-17-27(10-13-31(30)40-34)33-22(2)18-35-36-33/h5-13,16-18,21,23,34,38H,14-15,19-20H2,1-4H3,(H,35,36). The van der Waals surface area contributed by atoms with E-state index in [4.69, 9.17) is 9.47 Å². The second-order valence-corrected chi connectivity index (χ2v) is 11.3. The lowest BCUT2D eigenvalue weighted by Crippen LogP contribution is -2.35. The van der Waals surface area contributed by atoms with Crippen LogP contribution in [-0.2, 0) is 0 Å². The van der Waals surface area contributed by atoms with Gasteiger partial charge in [-0.3, -0.25) is 10.00 Å². The summed E-state index contributed by atoms with van der Waals surface area (Å²) < 4.78 is 12.9. The van der Waals surface area contributed by atoms with Crippen LogP contribution >= 0.6 is 0 Å². The molecule has 3 heterocycles. The maximum absolute atomic E-state index is 10.3. The van der Waals surface area contributed by atoms with Crippen molar-refractivity contribution in [1.82, 2.24) is 15.1 Å². The molecule has 2 N–H and O–H groups in total. The Hall–Kier alpha value is -4.03. The third-order valence-corrected chi connectivity index (χ3v) is 8.32. The lowest BCUT2D eigenvalue weighted by molar-refractivity contribution is 0.169. The van der Waals surface area contributed by atoms with Crippen molar-refractivity contribution in [3.8, 4) is 28.5 Å². The molecule has 0 aliphatic carbocycles. The van der Waals surface area contributed by atoms with Gasteiger partial charge in [0.1, 0.15) is 30.0 Å². The van der Waals surface area contributed by atoms with Crippen LogP contribution in [0, 0.1) is 12.8 Å². The number of ether oxygens (including phenoxy) is 2. The molecule has 6 nitrogen and oxygen atoms in total. The lowest BCUT2D eigenvalue weighted by Gasteiger charge is -2.31. The lowest BCUT2D eigenvalue weighted by atomic mass is 9.85. The molecule has 6 rings (SSSR count). The predicted octanol–water partition coefficient (Wildman–Crippen LogP) is 7.26. The number of nitrogens with zero attached hydrogens (tertiary/aromatic N) is 2. The molecular weight excluding hydrogens is 498 g/mol. The number of fused-ring (bicyclic) bond motifs is 1. The van der Waals surface area contributed by atoms with E-state index < -0.39 is 0 Å². The van der Waals surface area contributed by atoms with Crippen LogP contribution in [0.2, 0.25) is 0 Å². The van der Waals surface area contributed by atoms with E-state index in [0.717, 1.165) is 75.2 Å². The third-order valence-electron chi connectivity index (χ3n) is 8.32. The number of hydrogen-bond acceptors (Lipinski definition) is 5. The van der Waals surface area contributed by atoms with Gasteiger partial charge in [0.2, 0.25) is 0 Å². The molecule has 40 heavy (non-hydrogen) atoms. The van der Waals surface area contributed by atoms with Crippen molar-refractivity contribution in [1.29, 1.82) is 0 Å². The number of aromatic hydroxyl groups is 1. The van der Waals surface area contributed by atoms with Crippen LogP contribution in [0.15, 0.2) is 72.9 Å². The molecule has 0 radical (unpaired) electrons. The molecule has 206 valence electrons. The number of benzene rings is 3. The molecule has 4 aromatic rings. The quantitative estimate of drug-likeness (QED) is 0.261. The second-order valence-electron chi connectivity index (χ2n) is 11.3. The van der Waals surface area contributed by atoms with Crippen LogP contribution in [0.1, 0.15) is 55.5 Å². The van der Waals surface area contributed by atoms with E-state index in [-0.39, 0.29) is 11.9 Å². The average Bonchev–Trinajstić information content (AvgIpc) is 3.59. The first-order valence-corrected chi connectivity index (χ1v) is 14.2. The Labute approximate surface area is 236 Å². The topological polar surface area (TPSA) is 70.6 Å². The number of phenols is 1.